The quantitative estimate of drug-likeness (QED) is 0.371. The first-order valence-corrected chi connectivity index (χ1v) is 10.3. The number of benzene rings is 2. The van der Waals surface area contributed by atoms with Crippen molar-refractivity contribution in [2.75, 3.05) is 5.84 Å². The van der Waals surface area contributed by atoms with Crippen molar-refractivity contribution in [3.05, 3.63) is 87.5 Å². The number of nitrogens with two attached hydrogens (primary N) is 1. The lowest BCUT2D eigenvalue weighted by molar-refractivity contribution is -0.137. The van der Waals surface area contributed by atoms with Gasteiger partial charge in [0.05, 0.1) is 17.6 Å². The highest BCUT2D eigenvalue weighted by molar-refractivity contribution is 7.98. The molecule has 2 aromatic heterocycles. The third-order valence-corrected chi connectivity index (χ3v) is 5.91. The number of alkyl halides is 3. The van der Waals surface area contributed by atoms with Gasteiger partial charge in [0.15, 0.2) is 0 Å². The number of hydrogen-bond donors (Lipinski definition) is 1. The van der Waals surface area contributed by atoms with Gasteiger partial charge in [0, 0.05) is 17.2 Å². The number of rotatable bonds is 5. The van der Waals surface area contributed by atoms with Crippen LogP contribution in [0.5, 0.6) is 0 Å². The largest absolute Gasteiger partial charge is 0.416 e. The van der Waals surface area contributed by atoms with Gasteiger partial charge in [-0.25, -0.2) is 4.68 Å². The van der Waals surface area contributed by atoms with E-state index in [1.54, 1.807) is 17.6 Å². The zero-order valence-corrected chi connectivity index (χ0v) is 17.2. The third kappa shape index (κ3) is 4.29. The maximum atomic E-state index is 12.9. The summed E-state index contributed by atoms with van der Waals surface area (Å²) >= 11 is 1.37. The van der Waals surface area contributed by atoms with Gasteiger partial charge in [0.1, 0.15) is 5.82 Å². The second-order valence-electron chi connectivity index (χ2n) is 6.99. The summed E-state index contributed by atoms with van der Waals surface area (Å²) in [6.07, 6.45) is -4.40. The number of fused-ring (bicyclic) bond motifs is 1. The number of pyridine rings is 1. The van der Waals surface area contributed by atoms with Crippen molar-refractivity contribution >= 4 is 22.7 Å². The van der Waals surface area contributed by atoms with Crippen LogP contribution in [0.2, 0.25) is 0 Å². The first-order chi connectivity index (χ1) is 14.7. The van der Waals surface area contributed by atoms with Crippen LogP contribution < -0.4 is 11.4 Å². The molecule has 0 bridgehead atoms. The van der Waals surface area contributed by atoms with Crippen molar-refractivity contribution in [3.63, 3.8) is 0 Å². The number of nitrogen functional groups attached to an aromatic ring is 1. The molecule has 0 fully saturated rings. The van der Waals surface area contributed by atoms with E-state index in [1.165, 1.54) is 28.6 Å². The smallest absolute Gasteiger partial charge is 0.336 e. The lowest BCUT2D eigenvalue weighted by Gasteiger charge is -2.14. The molecule has 4 aromatic rings. The van der Waals surface area contributed by atoms with Crippen LogP contribution >= 0.6 is 11.8 Å². The minimum Gasteiger partial charge on any atom is -0.336 e. The predicted molar refractivity (Wildman–Crippen MR) is 113 cm³/mol. The summed E-state index contributed by atoms with van der Waals surface area (Å²) in [6.45, 7) is 1.91. The molecule has 4 rings (SSSR count). The summed E-state index contributed by atoms with van der Waals surface area (Å²) < 4.78 is 41.4. The van der Waals surface area contributed by atoms with E-state index in [9.17, 15) is 18.0 Å². The second-order valence-corrected chi connectivity index (χ2v) is 7.94. The third-order valence-electron chi connectivity index (χ3n) is 4.92. The molecule has 0 aliphatic heterocycles. The molecule has 2 aromatic carbocycles. The zero-order chi connectivity index (χ0) is 22.2. The summed E-state index contributed by atoms with van der Waals surface area (Å²) in [7, 11) is 0. The van der Waals surface area contributed by atoms with Crippen LogP contribution in [0, 0.1) is 6.92 Å². The monoisotopic (exact) mass is 445 g/mol. The van der Waals surface area contributed by atoms with E-state index in [2.05, 4.69) is 10.2 Å². The number of hydrogen-bond acceptors (Lipinski definition) is 5. The van der Waals surface area contributed by atoms with E-state index in [4.69, 9.17) is 5.84 Å². The molecule has 0 unspecified atom stereocenters. The molecule has 0 aliphatic carbocycles. The van der Waals surface area contributed by atoms with E-state index in [1.807, 2.05) is 24.3 Å². The van der Waals surface area contributed by atoms with Crippen LogP contribution in [0.3, 0.4) is 0 Å². The topological polar surface area (TPSA) is 78.7 Å². The van der Waals surface area contributed by atoms with Gasteiger partial charge >= 0.3 is 6.18 Å². The Morgan fingerprint density at radius 1 is 1.06 bits per heavy atom. The molecule has 160 valence electrons. The summed E-state index contributed by atoms with van der Waals surface area (Å²) in [5, 5.41) is 9.35. The maximum absolute atomic E-state index is 12.9. The van der Waals surface area contributed by atoms with Crippen molar-refractivity contribution in [2.45, 2.75) is 30.6 Å². The highest BCUT2D eigenvalue weighted by Gasteiger charge is 2.29. The lowest BCUT2D eigenvalue weighted by atomic mass is 10.1. The van der Waals surface area contributed by atoms with Crippen molar-refractivity contribution in [2.24, 2.45) is 0 Å². The Morgan fingerprint density at radius 2 is 1.77 bits per heavy atom. The Balaban J connectivity index is 1.66. The maximum Gasteiger partial charge on any atom is 0.416 e. The van der Waals surface area contributed by atoms with Crippen molar-refractivity contribution < 1.29 is 13.2 Å². The predicted octanol–water partition coefficient (Wildman–Crippen LogP) is 3.97. The van der Waals surface area contributed by atoms with E-state index in [-0.39, 0.29) is 12.1 Å². The molecule has 2 heterocycles. The molecule has 10 heteroatoms. The van der Waals surface area contributed by atoms with E-state index in [0.29, 0.717) is 27.8 Å². The Morgan fingerprint density at radius 3 is 2.42 bits per heavy atom. The fourth-order valence-corrected chi connectivity index (χ4v) is 4.15. The zero-order valence-electron chi connectivity index (χ0n) is 16.4. The molecule has 6 nitrogen and oxygen atoms in total. The molecule has 0 amide bonds. The fourth-order valence-electron chi connectivity index (χ4n) is 3.26. The molecule has 0 atom stereocenters. The number of halogens is 3. The molecule has 2 N–H and O–H groups in total. The van der Waals surface area contributed by atoms with E-state index < -0.39 is 11.7 Å². The van der Waals surface area contributed by atoms with Crippen LogP contribution in [0.1, 0.15) is 22.5 Å². The van der Waals surface area contributed by atoms with Crippen LogP contribution in [0.4, 0.5) is 13.2 Å². The first-order valence-electron chi connectivity index (χ1n) is 9.31. The number of para-hydroxylation sites is 1. The average molecular weight is 445 g/mol. The number of aromatic nitrogens is 4. The van der Waals surface area contributed by atoms with Gasteiger partial charge in [-0.3, -0.25) is 4.79 Å². The number of thioether (sulfide) groups is 1. The molecule has 0 saturated carbocycles. The Kier molecular flexibility index (Phi) is 5.48. The molecule has 0 saturated heterocycles. The van der Waals surface area contributed by atoms with E-state index >= 15 is 0 Å². The summed E-state index contributed by atoms with van der Waals surface area (Å²) in [6, 6.07) is 13.8. The van der Waals surface area contributed by atoms with Crippen molar-refractivity contribution in [1.82, 2.24) is 19.4 Å². The molecule has 31 heavy (non-hydrogen) atoms. The molecule has 0 spiro atoms. The standard InChI is InChI=1S/C21H18F3N5OS/c1-13-26-27-20(29(13)25)31-12-15-10-19(30)28(18-5-3-2-4-17(15)18)11-14-6-8-16(9-7-14)21(22,23)24/h2-10H,11-12,25H2,1H3. The fraction of sp³-hybridized carbons (Fsp3) is 0.190. The molecule has 0 aliphatic rings. The summed E-state index contributed by atoms with van der Waals surface area (Å²) in [5.41, 5.74) is 1.17. The van der Waals surface area contributed by atoms with Gasteiger partial charge in [-0.1, -0.05) is 42.1 Å². The van der Waals surface area contributed by atoms with E-state index in [0.717, 1.165) is 23.1 Å². The minimum atomic E-state index is -4.40. The summed E-state index contributed by atoms with van der Waals surface area (Å²) in [5.74, 6) is 6.94. The van der Waals surface area contributed by atoms with Gasteiger partial charge in [-0.05, 0) is 36.2 Å². The highest BCUT2D eigenvalue weighted by Crippen LogP contribution is 2.29. The van der Waals surface area contributed by atoms with Crippen LogP contribution in [-0.2, 0) is 18.5 Å². The average Bonchev–Trinajstić information content (AvgIpc) is 3.06. The van der Waals surface area contributed by atoms with Gasteiger partial charge < -0.3 is 10.4 Å². The molecular formula is C21H18F3N5OS. The second kappa shape index (κ2) is 8.10. The van der Waals surface area contributed by atoms with Crippen molar-refractivity contribution in [3.8, 4) is 0 Å². The van der Waals surface area contributed by atoms with Crippen molar-refractivity contribution in [1.29, 1.82) is 0 Å². The van der Waals surface area contributed by atoms with Crippen LogP contribution in [0.25, 0.3) is 10.9 Å². The van der Waals surface area contributed by atoms with Crippen LogP contribution in [0.15, 0.2) is 64.5 Å². The van der Waals surface area contributed by atoms with Gasteiger partial charge in [-0.2, -0.15) is 13.2 Å². The number of nitrogens with zero attached hydrogens (tertiary/aromatic N) is 4. The highest BCUT2D eigenvalue weighted by atomic mass is 32.2. The molecular weight excluding hydrogens is 427 g/mol. The Bertz CT molecular complexity index is 1300. The van der Waals surface area contributed by atoms with Gasteiger partial charge in [0.2, 0.25) is 5.16 Å². The SMILES string of the molecule is Cc1nnc(SCc2cc(=O)n(Cc3ccc(C(F)(F)F)cc3)c3ccccc23)n1N. The van der Waals surface area contributed by atoms with Gasteiger partial charge in [0.25, 0.3) is 5.56 Å². The van der Waals surface area contributed by atoms with Gasteiger partial charge in [-0.15, -0.1) is 10.2 Å². The first kappa shape index (κ1) is 21.0. The summed E-state index contributed by atoms with van der Waals surface area (Å²) in [4.78, 5) is 12.9. The number of aryl methyl sites for hydroxylation is 1. The Hall–Kier alpha value is -3.27. The normalized spacial score (nSPS) is 11.9. The minimum absolute atomic E-state index is 0.168. The van der Waals surface area contributed by atoms with Crippen LogP contribution in [-0.4, -0.2) is 19.4 Å². The lowest BCUT2D eigenvalue weighted by Crippen LogP contribution is -2.21. The Labute approximate surface area is 179 Å². The molecule has 0 radical (unpaired) electrons.